The summed E-state index contributed by atoms with van der Waals surface area (Å²) >= 11 is 2.09. The first-order chi connectivity index (χ1) is 8.61. The summed E-state index contributed by atoms with van der Waals surface area (Å²) in [5.74, 6) is 1.06. The predicted octanol–water partition coefficient (Wildman–Crippen LogP) is 3.76. The monoisotopic (exact) mass is 360 g/mol. The molecule has 1 N–H and O–H groups in total. The van der Waals surface area contributed by atoms with Gasteiger partial charge in [0.25, 0.3) is 0 Å². The van der Waals surface area contributed by atoms with Crippen molar-refractivity contribution in [1.82, 2.24) is 10.3 Å². The first kappa shape index (κ1) is 13.5. The number of oxazole rings is 1. The van der Waals surface area contributed by atoms with Crippen LogP contribution in [-0.4, -0.2) is 11.5 Å². The lowest BCUT2D eigenvalue weighted by atomic mass is 10.2. The van der Waals surface area contributed by atoms with Gasteiger partial charge < -0.3 is 9.73 Å². The molecule has 0 saturated carbocycles. The fourth-order valence-corrected chi connectivity index (χ4v) is 2.44. The van der Waals surface area contributed by atoms with Crippen molar-refractivity contribution in [1.29, 1.82) is 0 Å². The molecule has 1 aromatic heterocycles. The molecule has 2 rings (SSSR count). The highest BCUT2D eigenvalue weighted by atomic mass is 127. The Morgan fingerprint density at radius 1 is 1.50 bits per heavy atom. The average molecular weight is 360 g/mol. The number of aromatic nitrogens is 1. The van der Waals surface area contributed by atoms with Crippen molar-refractivity contribution in [3.05, 3.63) is 39.7 Å². The van der Waals surface area contributed by atoms with Crippen LogP contribution in [-0.2, 0) is 0 Å². The predicted molar refractivity (Wildman–Crippen MR) is 76.7 cm³/mol. The molecular formula is C13H14FIN2O. The van der Waals surface area contributed by atoms with E-state index in [0.717, 1.165) is 15.7 Å². The van der Waals surface area contributed by atoms with Gasteiger partial charge in [-0.25, -0.2) is 9.37 Å². The maximum absolute atomic E-state index is 13.0. The molecular weight excluding hydrogens is 346 g/mol. The molecule has 1 unspecified atom stereocenters. The van der Waals surface area contributed by atoms with Crippen LogP contribution in [0.4, 0.5) is 4.39 Å². The summed E-state index contributed by atoms with van der Waals surface area (Å²) in [6, 6.07) is 4.68. The quantitative estimate of drug-likeness (QED) is 0.844. The summed E-state index contributed by atoms with van der Waals surface area (Å²) in [6.45, 7) is 4.88. The highest BCUT2D eigenvalue weighted by Crippen LogP contribution is 2.27. The van der Waals surface area contributed by atoms with E-state index in [4.69, 9.17) is 4.42 Å². The molecule has 1 heterocycles. The van der Waals surface area contributed by atoms with Gasteiger partial charge >= 0.3 is 0 Å². The Hall–Kier alpha value is -0.950. The zero-order valence-corrected chi connectivity index (χ0v) is 12.4. The lowest BCUT2D eigenvalue weighted by molar-refractivity contribution is 0.429. The Labute approximate surface area is 119 Å². The fourth-order valence-electron chi connectivity index (χ4n) is 1.70. The standard InChI is InChI=1S/C13H14FIN2O/c1-3-16-8(2)13-17-7-12(18-13)10-5-4-9(14)6-11(10)15/h4-8,16H,3H2,1-2H3. The Balaban J connectivity index is 2.29. The molecule has 0 bridgehead atoms. The van der Waals surface area contributed by atoms with Crippen LogP contribution in [0.15, 0.2) is 28.8 Å². The first-order valence-electron chi connectivity index (χ1n) is 5.76. The molecule has 5 heteroatoms. The molecule has 18 heavy (non-hydrogen) atoms. The van der Waals surface area contributed by atoms with Crippen molar-refractivity contribution >= 4 is 22.6 Å². The van der Waals surface area contributed by atoms with Crippen LogP contribution < -0.4 is 5.32 Å². The second-order valence-corrected chi connectivity index (χ2v) is 5.13. The zero-order valence-electron chi connectivity index (χ0n) is 10.2. The molecule has 1 aromatic carbocycles. The van der Waals surface area contributed by atoms with E-state index in [-0.39, 0.29) is 11.9 Å². The van der Waals surface area contributed by atoms with Crippen molar-refractivity contribution in [2.45, 2.75) is 19.9 Å². The Bertz CT molecular complexity index is 542. The van der Waals surface area contributed by atoms with Crippen LogP contribution in [0.5, 0.6) is 0 Å². The van der Waals surface area contributed by atoms with E-state index < -0.39 is 0 Å². The second-order valence-electron chi connectivity index (χ2n) is 3.97. The number of nitrogens with zero attached hydrogens (tertiary/aromatic N) is 1. The Morgan fingerprint density at radius 2 is 2.28 bits per heavy atom. The minimum atomic E-state index is -0.246. The number of rotatable bonds is 4. The van der Waals surface area contributed by atoms with E-state index in [2.05, 4.69) is 32.9 Å². The van der Waals surface area contributed by atoms with Crippen molar-refractivity contribution < 1.29 is 8.81 Å². The molecule has 96 valence electrons. The molecule has 0 aliphatic rings. The minimum Gasteiger partial charge on any atom is -0.439 e. The normalized spacial score (nSPS) is 12.7. The molecule has 0 aliphatic heterocycles. The molecule has 0 fully saturated rings. The van der Waals surface area contributed by atoms with Crippen LogP contribution in [0.1, 0.15) is 25.8 Å². The molecule has 0 aliphatic carbocycles. The summed E-state index contributed by atoms with van der Waals surface area (Å²) < 4.78 is 19.6. The van der Waals surface area contributed by atoms with E-state index in [9.17, 15) is 4.39 Å². The van der Waals surface area contributed by atoms with Crippen LogP contribution >= 0.6 is 22.6 Å². The summed E-state index contributed by atoms with van der Waals surface area (Å²) in [7, 11) is 0. The molecule has 2 aromatic rings. The summed E-state index contributed by atoms with van der Waals surface area (Å²) in [4.78, 5) is 4.25. The van der Waals surface area contributed by atoms with E-state index in [1.807, 2.05) is 13.8 Å². The number of hydrogen-bond donors (Lipinski definition) is 1. The van der Waals surface area contributed by atoms with Gasteiger partial charge in [-0.1, -0.05) is 6.92 Å². The minimum absolute atomic E-state index is 0.0712. The van der Waals surface area contributed by atoms with Crippen molar-refractivity contribution in [2.75, 3.05) is 6.54 Å². The van der Waals surface area contributed by atoms with Crippen molar-refractivity contribution in [3.8, 4) is 11.3 Å². The van der Waals surface area contributed by atoms with Crippen LogP contribution in [0, 0.1) is 9.39 Å². The van der Waals surface area contributed by atoms with E-state index >= 15 is 0 Å². The van der Waals surface area contributed by atoms with Crippen LogP contribution in [0.3, 0.4) is 0 Å². The number of hydrogen-bond acceptors (Lipinski definition) is 3. The van der Waals surface area contributed by atoms with Gasteiger partial charge in [-0.15, -0.1) is 0 Å². The number of halogens is 2. The number of nitrogens with one attached hydrogen (secondary N) is 1. The lowest BCUT2D eigenvalue weighted by Crippen LogP contribution is -2.17. The van der Waals surface area contributed by atoms with E-state index in [1.165, 1.54) is 12.1 Å². The Kier molecular flexibility index (Phi) is 4.34. The van der Waals surface area contributed by atoms with E-state index in [1.54, 1.807) is 12.3 Å². The lowest BCUT2D eigenvalue weighted by Gasteiger charge is -2.07. The summed E-state index contributed by atoms with van der Waals surface area (Å²) in [6.07, 6.45) is 1.68. The average Bonchev–Trinajstić information content (AvgIpc) is 2.78. The SMILES string of the molecule is CCNC(C)c1ncc(-c2ccc(F)cc2I)o1. The number of benzene rings is 1. The van der Waals surface area contributed by atoms with Gasteiger partial charge in [-0.05, 0) is 54.3 Å². The third-order valence-corrected chi connectivity index (χ3v) is 3.49. The van der Waals surface area contributed by atoms with Gasteiger partial charge in [-0.3, -0.25) is 0 Å². The molecule has 0 radical (unpaired) electrons. The molecule has 3 nitrogen and oxygen atoms in total. The van der Waals surface area contributed by atoms with Crippen LogP contribution in [0.2, 0.25) is 0 Å². The largest absolute Gasteiger partial charge is 0.439 e. The van der Waals surface area contributed by atoms with Crippen LogP contribution in [0.25, 0.3) is 11.3 Å². The van der Waals surface area contributed by atoms with Gasteiger partial charge in [0.1, 0.15) is 5.82 Å². The highest BCUT2D eigenvalue weighted by Gasteiger charge is 2.14. The van der Waals surface area contributed by atoms with Gasteiger partial charge in [0.2, 0.25) is 5.89 Å². The highest BCUT2D eigenvalue weighted by molar-refractivity contribution is 14.1. The Morgan fingerprint density at radius 3 is 2.94 bits per heavy atom. The second kappa shape index (κ2) is 5.79. The van der Waals surface area contributed by atoms with E-state index in [0.29, 0.717) is 11.7 Å². The van der Waals surface area contributed by atoms with Gasteiger partial charge in [0, 0.05) is 9.13 Å². The topological polar surface area (TPSA) is 38.1 Å². The molecule has 0 spiro atoms. The maximum Gasteiger partial charge on any atom is 0.211 e. The van der Waals surface area contributed by atoms with Gasteiger partial charge in [0.05, 0.1) is 12.2 Å². The smallest absolute Gasteiger partial charge is 0.211 e. The summed E-state index contributed by atoms with van der Waals surface area (Å²) in [5, 5.41) is 3.23. The molecule has 0 amide bonds. The van der Waals surface area contributed by atoms with Gasteiger partial charge in [0.15, 0.2) is 5.76 Å². The van der Waals surface area contributed by atoms with Gasteiger partial charge in [-0.2, -0.15) is 0 Å². The third kappa shape index (κ3) is 2.89. The van der Waals surface area contributed by atoms with Crippen molar-refractivity contribution in [2.24, 2.45) is 0 Å². The fraction of sp³-hybridized carbons (Fsp3) is 0.308. The molecule has 1 atom stereocenters. The summed E-state index contributed by atoms with van der Waals surface area (Å²) in [5.41, 5.74) is 0.861. The molecule has 0 saturated heterocycles. The maximum atomic E-state index is 13.0. The first-order valence-corrected chi connectivity index (χ1v) is 6.84. The van der Waals surface area contributed by atoms with Crippen molar-refractivity contribution in [3.63, 3.8) is 0 Å². The zero-order chi connectivity index (χ0) is 13.1. The third-order valence-electron chi connectivity index (χ3n) is 2.60.